The fourth-order valence-electron chi connectivity index (χ4n) is 1.34. The van der Waals surface area contributed by atoms with Crippen LogP contribution in [0.1, 0.15) is 13.3 Å². The second-order valence-electron chi connectivity index (χ2n) is 3.50. The molecule has 1 amide bonds. The van der Waals surface area contributed by atoms with Gasteiger partial charge in [0.15, 0.2) is 6.04 Å². The summed E-state index contributed by atoms with van der Waals surface area (Å²) in [6.45, 7) is 2.13. The first-order valence-corrected chi connectivity index (χ1v) is 4.56. The quantitative estimate of drug-likeness (QED) is 0.705. The minimum atomic E-state index is -4.70. The molecule has 1 heterocycles. The fraction of sp³-hybridized carbons (Fsp3) is 0.875. The lowest BCUT2D eigenvalue weighted by Gasteiger charge is -2.20. The molecule has 4 nitrogen and oxygen atoms in total. The monoisotopic (exact) mass is 226 g/mol. The first-order valence-electron chi connectivity index (χ1n) is 4.56. The Kier molecular flexibility index (Phi) is 3.56. The molecule has 88 valence electrons. The van der Waals surface area contributed by atoms with E-state index in [1.807, 2.05) is 0 Å². The van der Waals surface area contributed by atoms with Crippen LogP contribution in [0.15, 0.2) is 0 Å². The zero-order valence-electron chi connectivity index (χ0n) is 8.17. The molecule has 0 spiro atoms. The van der Waals surface area contributed by atoms with Crippen LogP contribution in [0.2, 0.25) is 0 Å². The van der Waals surface area contributed by atoms with Crippen LogP contribution < -0.4 is 11.1 Å². The highest BCUT2D eigenvalue weighted by Crippen LogP contribution is 2.19. The van der Waals surface area contributed by atoms with Gasteiger partial charge in [-0.05, 0) is 13.3 Å². The maximum atomic E-state index is 12.1. The number of nitrogens with one attached hydrogen (secondary N) is 1. The third kappa shape index (κ3) is 3.07. The molecular formula is C8H13F3N2O2. The van der Waals surface area contributed by atoms with Gasteiger partial charge in [0.25, 0.3) is 0 Å². The lowest BCUT2D eigenvalue weighted by Crippen LogP contribution is -2.53. The summed E-state index contributed by atoms with van der Waals surface area (Å²) in [6, 6.07) is -2.85. The Labute approximate surface area is 84.9 Å². The molecule has 3 unspecified atom stereocenters. The van der Waals surface area contributed by atoms with Crippen molar-refractivity contribution in [2.45, 2.75) is 37.7 Å². The number of ether oxygens (including phenoxy) is 1. The number of amides is 1. The van der Waals surface area contributed by atoms with E-state index >= 15 is 0 Å². The Balaban J connectivity index is 2.48. The minimum Gasteiger partial charge on any atom is -0.376 e. The number of carbonyl (C=O) groups is 1. The average molecular weight is 226 g/mol. The lowest BCUT2D eigenvalue weighted by atomic mass is 10.1. The summed E-state index contributed by atoms with van der Waals surface area (Å²) in [7, 11) is 0. The molecule has 1 aliphatic rings. The van der Waals surface area contributed by atoms with Gasteiger partial charge in [-0.15, -0.1) is 0 Å². The Hall–Kier alpha value is -0.820. The summed E-state index contributed by atoms with van der Waals surface area (Å²) in [6.07, 6.45) is -4.46. The van der Waals surface area contributed by atoms with Gasteiger partial charge in [0.1, 0.15) is 0 Å². The Morgan fingerprint density at radius 3 is 2.60 bits per heavy atom. The molecule has 3 atom stereocenters. The van der Waals surface area contributed by atoms with Gasteiger partial charge in [-0.3, -0.25) is 4.79 Å². The van der Waals surface area contributed by atoms with Crippen LogP contribution in [0.5, 0.6) is 0 Å². The Morgan fingerprint density at radius 2 is 2.20 bits per heavy atom. The van der Waals surface area contributed by atoms with Gasteiger partial charge in [0, 0.05) is 6.61 Å². The number of hydrogen-bond acceptors (Lipinski definition) is 3. The van der Waals surface area contributed by atoms with Crippen LogP contribution >= 0.6 is 0 Å². The number of nitrogens with two attached hydrogens (primary N) is 1. The Bertz CT molecular complexity index is 245. The maximum Gasteiger partial charge on any atom is 0.412 e. The molecule has 15 heavy (non-hydrogen) atoms. The van der Waals surface area contributed by atoms with Crippen molar-refractivity contribution in [2.75, 3.05) is 6.61 Å². The molecule has 0 bridgehead atoms. The zero-order chi connectivity index (χ0) is 11.6. The number of carbonyl (C=O) groups excluding carboxylic acids is 1. The van der Waals surface area contributed by atoms with Crippen LogP contribution in [-0.2, 0) is 9.53 Å². The average Bonchev–Trinajstić information content (AvgIpc) is 2.49. The molecule has 0 aromatic rings. The van der Waals surface area contributed by atoms with Crippen LogP contribution in [0, 0.1) is 0 Å². The van der Waals surface area contributed by atoms with E-state index in [4.69, 9.17) is 10.5 Å². The standard InChI is InChI=1S/C8H13F3N2O2/c1-4-5(2-3-15-4)13-7(14)6(12)8(9,10)11/h4-6H,2-3,12H2,1H3,(H,13,14). The first-order chi connectivity index (χ1) is 6.82. The summed E-state index contributed by atoms with van der Waals surface area (Å²) in [5, 5.41) is 2.23. The molecule has 1 fully saturated rings. The normalized spacial score (nSPS) is 28.9. The van der Waals surface area contributed by atoms with Crippen molar-refractivity contribution in [1.82, 2.24) is 5.32 Å². The lowest BCUT2D eigenvalue weighted by molar-refractivity contribution is -0.163. The van der Waals surface area contributed by atoms with E-state index < -0.39 is 18.1 Å². The largest absolute Gasteiger partial charge is 0.412 e. The zero-order valence-corrected chi connectivity index (χ0v) is 8.17. The van der Waals surface area contributed by atoms with Crippen molar-refractivity contribution in [1.29, 1.82) is 0 Å². The molecule has 0 aromatic carbocycles. The minimum absolute atomic E-state index is 0.269. The highest BCUT2D eigenvalue weighted by molar-refractivity contribution is 5.82. The van der Waals surface area contributed by atoms with Crippen molar-refractivity contribution >= 4 is 5.91 Å². The molecule has 1 saturated heterocycles. The van der Waals surface area contributed by atoms with Gasteiger partial charge in [0.05, 0.1) is 12.1 Å². The molecule has 3 N–H and O–H groups in total. The number of alkyl halides is 3. The SMILES string of the molecule is CC1OCCC1NC(=O)C(N)C(F)(F)F. The van der Waals surface area contributed by atoms with E-state index in [1.165, 1.54) is 0 Å². The third-order valence-electron chi connectivity index (χ3n) is 2.34. The van der Waals surface area contributed by atoms with E-state index in [0.717, 1.165) is 0 Å². The second kappa shape index (κ2) is 4.36. The summed E-state index contributed by atoms with van der Waals surface area (Å²) < 4.78 is 41.3. The van der Waals surface area contributed by atoms with E-state index in [2.05, 4.69) is 5.32 Å². The highest BCUT2D eigenvalue weighted by atomic mass is 19.4. The molecule has 1 aliphatic heterocycles. The molecular weight excluding hydrogens is 213 g/mol. The van der Waals surface area contributed by atoms with Gasteiger partial charge >= 0.3 is 6.18 Å². The van der Waals surface area contributed by atoms with Gasteiger partial charge in [-0.2, -0.15) is 13.2 Å². The van der Waals surface area contributed by atoms with Crippen LogP contribution in [-0.4, -0.2) is 36.9 Å². The van der Waals surface area contributed by atoms with Crippen molar-refractivity contribution in [3.05, 3.63) is 0 Å². The molecule has 0 saturated carbocycles. The van der Waals surface area contributed by atoms with Gasteiger partial charge in [0.2, 0.25) is 5.91 Å². The Morgan fingerprint density at radius 1 is 1.60 bits per heavy atom. The molecule has 0 radical (unpaired) electrons. The van der Waals surface area contributed by atoms with Crippen LogP contribution in [0.4, 0.5) is 13.2 Å². The van der Waals surface area contributed by atoms with E-state index in [0.29, 0.717) is 13.0 Å². The van der Waals surface area contributed by atoms with E-state index in [9.17, 15) is 18.0 Å². The van der Waals surface area contributed by atoms with E-state index in [1.54, 1.807) is 6.92 Å². The summed E-state index contributed by atoms with van der Waals surface area (Å²) in [5.41, 5.74) is 4.74. The van der Waals surface area contributed by atoms with Crippen molar-refractivity contribution < 1.29 is 22.7 Å². The first kappa shape index (κ1) is 12.3. The van der Waals surface area contributed by atoms with E-state index in [-0.39, 0.29) is 12.1 Å². The van der Waals surface area contributed by atoms with Gasteiger partial charge in [-0.25, -0.2) is 0 Å². The molecule has 0 aliphatic carbocycles. The number of rotatable bonds is 2. The predicted octanol–water partition coefficient (Wildman–Crippen LogP) is 0.170. The second-order valence-corrected chi connectivity index (χ2v) is 3.50. The van der Waals surface area contributed by atoms with Crippen molar-refractivity contribution in [2.24, 2.45) is 5.73 Å². The highest BCUT2D eigenvalue weighted by Gasteiger charge is 2.43. The molecule has 0 aromatic heterocycles. The smallest absolute Gasteiger partial charge is 0.376 e. The number of halogens is 3. The number of hydrogen-bond donors (Lipinski definition) is 2. The summed E-state index contributed by atoms with van der Waals surface area (Å²) in [5.74, 6) is -1.20. The predicted molar refractivity (Wildman–Crippen MR) is 46.0 cm³/mol. The summed E-state index contributed by atoms with van der Waals surface area (Å²) in [4.78, 5) is 11.1. The molecule has 1 rings (SSSR count). The van der Waals surface area contributed by atoms with Crippen molar-refractivity contribution in [3.8, 4) is 0 Å². The fourth-order valence-corrected chi connectivity index (χ4v) is 1.34. The maximum absolute atomic E-state index is 12.1. The topological polar surface area (TPSA) is 64.3 Å². The summed E-state index contributed by atoms with van der Waals surface area (Å²) >= 11 is 0. The van der Waals surface area contributed by atoms with Gasteiger partial charge in [-0.1, -0.05) is 0 Å². The van der Waals surface area contributed by atoms with Crippen molar-refractivity contribution in [3.63, 3.8) is 0 Å². The van der Waals surface area contributed by atoms with Crippen LogP contribution in [0.3, 0.4) is 0 Å². The molecule has 7 heteroatoms. The third-order valence-corrected chi connectivity index (χ3v) is 2.34. The van der Waals surface area contributed by atoms with Crippen LogP contribution in [0.25, 0.3) is 0 Å². The van der Waals surface area contributed by atoms with Gasteiger partial charge < -0.3 is 15.8 Å².